The van der Waals surface area contributed by atoms with Gasteiger partial charge in [-0.05, 0) is 69.7 Å². The van der Waals surface area contributed by atoms with E-state index in [2.05, 4.69) is 4.98 Å². The van der Waals surface area contributed by atoms with Gasteiger partial charge in [-0.3, -0.25) is 9.78 Å². The third-order valence-electron chi connectivity index (χ3n) is 4.94. The summed E-state index contributed by atoms with van der Waals surface area (Å²) in [5, 5.41) is 9.67. The number of thioether (sulfide) groups is 1. The molecule has 0 unspecified atom stereocenters. The van der Waals surface area contributed by atoms with Crippen molar-refractivity contribution in [2.24, 2.45) is 0 Å². The second-order valence-corrected chi connectivity index (χ2v) is 11.5. The maximum Gasteiger partial charge on any atom is 0.323 e. The van der Waals surface area contributed by atoms with Gasteiger partial charge in [-0.25, -0.2) is 8.42 Å². The number of aliphatic carboxylic acids is 1. The summed E-state index contributed by atoms with van der Waals surface area (Å²) in [6, 6.07) is 8.85. The molecular weight excluding hydrogens is 424 g/mol. The average Bonchev–Trinajstić information content (AvgIpc) is 2.64. The van der Waals surface area contributed by atoms with Gasteiger partial charge in [0.15, 0.2) is 0 Å². The third-order valence-corrected chi connectivity index (χ3v) is 8.18. The SMILES string of the molecule is Cc1cc(COc2ccc(S(=O)(=O)N3CCSC(C)(C)[C@@H]3C(=O)O)cc2)cc(C)n1. The van der Waals surface area contributed by atoms with E-state index in [1.54, 1.807) is 26.0 Å². The Bertz CT molecular complexity index is 1020. The van der Waals surface area contributed by atoms with Crippen LogP contribution >= 0.6 is 11.8 Å². The highest BCUT2D eigenvalue weighted by molar-refractivity contribution is 8.00. The van der Waals surface area contributed by atoms with Crippen molar-refractivity contribution in [1.29, 1.82) is 0 Å². The van der Waals surface area contributed by atoms with Crippen LogP contribution in [0.25, 0.3) is 0 Å². The highest BCUT2D eigenvalue weighted by Gasteiger charge is 2.48. The van der Waals surface area contributed by atoms with E-state index >= 15 is 0 Å². The minimum atomic E-state index is -3.95. The van der Waals surface area contributed by atoms with E-state index < -0.39 is 26.8 Å². The first-order valence-electron chi connectivity index (χ1n) is 9.56. The fourth-order valence-corrected chi connectivity index (χ4v) is 6.74. The third kappa shape index (κ3) is 4.79. The lowest BCUT2D eigenvalue weighted by atomic mass is 10.0. The molecule has 1 aliphatic rings. The molecular formula is C21H26N2O5S2. The van der Waals surface area contributed by atoms with Gasteiger partial charge in [0.25, 0.3) is 0 Å². The molecule has 2 aromatic rings. The molecule has 162 valence electrons. The van der Waals surface area contributed by atoms with E-state index in [1.165, 1.54) is 23.9 Å². The van der Waals surface area contributed by atoms with Gasteiger partial charge < -0.3 is 9.84 Å². The molecule has 0 bridgehead atoms. The molecule has 0 radical (unpaired) electrons. The first-order valence-corrected chi connectivity index (χ1v) is 12.0. The Labute approximate surface area is 181 Å². The van der Waals surface area contributed by atoms with Crippen LogP contribution in [0.3, 0.4) is 0 Å². The summed E-state index contributed by atoms with van der Waals surface area (Å²) in [7, 11) is -3.95. The van der Waals surface area contributed by atoms with Gasteiger partial charge in [0.05, 0.1) is 4.90 Å². The van der Waals surface area contributed by atoms with Crippen molar-refractivity contribution < 1.29 is 23.1 Å². The lowest BCUT2D eigenvalue weighted by molar-refractivity contribution is -0.142. The fraction of sp³-hybridized carbons (Fsp3) is 0.429. The zero-order valence-electron chi connectivity index (χ0n) is 17.5. The largest absolute Gasteiger partial charge is 0.489 e. The topological polar surface area (TPSA) is 96.8 Å². The van der Waals surface area contributed by atoms with Gasteiger partial charge in [-0.1, -0.05) is 0 Å². The number of rotatable bonds is 6. The van der Waals surface area contributed by atoms with Crippen molar-refractivity contribution in [3.63, 3.8) is 0 Å². The molecule has 0 amide bonds. The molecule has 1 N–H and O–H groups in total. The van der Waals surface area contributed by atoms with Crippen LogP contribution in [0.4, 0.5) is 0 Å². The smallest absolute Gasteiger partial charge is 0.323 e. The Morgan fingerprint density at radius 1 is 1.23 bits per heavy atom. The fourth-order valence-electron chi connectivity index (χ4n) is 3.65. The highest BCUT2D eigenvalue weighted by Crippen LogP contribution is 2.38. The van der Waals surface area contributed by atoms with Crippen molar-refractivity contribution in [3.05, 3.63) is 53.3 Å². The summed E-state index contributed by atoms with van der Waals surface area (Å²) in [6.07, 6.45) is 0. The zero-order valence-corrected chi connectivity index (χ0v) is 19.1. The first-order chi connectivity index (χ1) is 14.0. The summed E-state index contributed by atoms with van der Waals surface area (Å²) < 4.78 is 32.5. The molecule has 1 aliphatic heterocycles. The number of carbonyl (C=O) groups is 1. The quantitative estimate of drug-likeness (QED) is 0.721. The van der Waals surface area contributed by atoms with Gasteiger partial charge in [-0.2, -0.15) is 16.1 Å². The van der Waals surface area contributed by atoms with Gasteiger partial charge in [-0.15, -0.1) is 0 Å². The Morgan fingerprint density at radius 3 is 2.40 bits per heavy atom. The molecule has 0 spiro atoms. The Balaban J connectivity index is 1.78. The maximum absolute atomic E-state index is 13.2. The molecule has 0 aliphatic carbocycles. The summed E-state index contributed by atoms with van der Waals surface area (Å²) in [5.74, 6) is -0.0637. The molecule has 2 heterocycles. The minimum absolute atomic E-state index is 0.0550. The van der Waals surface area contributed by atoms with Crippen LogP contribution < -0.4 is 4.74 Å². The summed E-state index contributed by atoms with van der Waals surface area (Å²) in [6.45, 7) is 7.86. The van der Waals surface area contributed by atoms with Gasteiger partial charge in [0, 0.05) is 28.4 Å². The van der Waals surface area contributed by atoms with Crippen LogP contribution in [0.5, 0.6) is 5.75 Å². The van der Waals surface area contributed by atoms with Crippen molar-refractivity contribution in [2.45, 2.75) is 50.0 Å². The number of aryl methyl sites for hydroxylation is 2. The number of benzene rings is 1. The second kappa shape index (κ2) is 8.56. The lowest BCUT2D eigenvalue weighted by Crippen LogP contribution is -2.58. The van der Waals surface area contributed by atoms with Gasteiger partial charge in [0.1, 0.15) is 18.4 Å². The molecule has 1 aromatic heterocycles. The number of aromatic nitrogens is 1. The van der Waals surface area contributed by atoms with Crippen LogP contribution in [0.15, 0.2) is 41.3 Å². The zero-order chi connectivity index (χ0) is 22.1. The van der Waals surface area contributed by atoms with Crippen LogP contribution in [-0.2, 0) is 21.4 Å². The van der Waals surface area contributed by atoms with E-state index in [0.717, 1.165) is 21.3 Å². The number of carboxylic acid groups (broad SMARTS) is 1. The van der Waals surface area contributed by atoms with Crippen molar-refractivity contribution in [3.8, 4) is 5.75 Å². The Hall–Kier alpha value is -2.10. The van der Waals surface area contributed by atoms with E-state index in [0.29, 0.717) is 18.1 Å². The molecule has 7 nitrogen and oxygen atoms in total. The Morgan fingerprint density at radius 2 is 1.83 bits per heavy atom. The summed E-state index contributed by atoms with van der Waals surface area (Å²) in [4.78, 5) is 16.2. The molecule has 1 atom stereocenters. The number of sulfonamides is 1. The Kier molecular flexibility index (Phi) is 6.45. The van der Waals surface area contributed by atoms with Crippen LogP contribution in [0.1, 0.15) is 30.8 Å². The summed E-state index contributed by atoms with van der Waals surface area (Å²) in [5.41, 5.74) is 2.80. The van der Waals surface area contributed by atoms with Crippen LogP contribution in [-0.4, -0.2) is 51.9 Å². The van der Waals surface area contributed by atoms with E-state index in [4.69, 9.17) is 4.74 Å². The van der Waals surface area contributed by atoms with Crippen molar-refractivity contribution in [1.82, 2.24) is 9.29 Å². The summed E-state index contributed by atoms with van der Waals surface area (Å²) >= 11 is 1.47. The number of hydrogen-bond acceptors (Lipinski definition) is 6. The standard InChI is InChI=1S/C21H26N2O5S2/c1-14-11-16(12-15(2)22-14)13-28-17-5-7-18(8-6-17)30(26,27)23-9-10-29-21(3,4)19(23)20(24)25/h5-8,11-12,19H,9-10,13H2,1-4H3,(H,24,25)/t19-/m0/s1. The van der Waals surface area contributed by atoms with Gasteiger partial charge >= 0.3 is 5.97 Å². The number of hydrogen-bond donors (Lipinski definition) is 1. The first kappa shape index (κ1) is 22.6. The normalized spacial score (nSPS) is 19.4. The molecule has 0 saturated carbocycles. The lowest BCUT2D eigenvalue weighted by Gasteiger charge is -2.42. The van der Waals surface area contributed by atoms with Crippen LogP contribution in [0, 0.1) is 13.8 Å². The van der Waals surface area contributed by atoms with E-state index in [-0.39, 0.29) is 11.4 Å². The number of carboxylic acids is 1. The number of nitrogens with zero attached hydrogens (tertiary/aromatic N) is 2. The molecule has 1 fully saturated rings. The molecule has 1 saturated heterocycles. The van der Waals surface area contributed by atoms with Crippen molar-refractivity contribution >= 4 is 27.8 Å². The van der Waals surface area contributed by atoms with Crippen molar-refractivity contribution in [2.75, 3.05) is 12.3 Å². The van der Waals surface area contributed by atoms with E-state index in [1.807, 2.05) is 26.0 Å². The minimum Gasteiger partial charge on any atom is -0.489 e. The molecule has 3 rings (SSSR count). The predicted molar refractivity (Wildman–Crippen MR) is 116 cm³/mol. The average molecular weight is 451 g/mol. The number of pyridine rings is 1. The van der Waals surface area contributed by atoms with Crippen LogP contribution in [0.2, 0.25) is 0 Å². The highest BCUT2D eigenvalue weighted by atomic mass is 32.2. The maximum atomic E-state index is 13.2. The number of ether oxygens (including phenoxy) is 1. The second-order valence-electron chi connectivity index (χ2n) is 7.83. The van der Waals surface area contributed by atoms with Gasteiger partial charge in [0.2, 0.25) is 10.0 Å². The monoisotopic (exact) mass is 450 g/mol. The molecule has 9 heteroatoms. The molecule has 30 heavy (non-hydrogen) atoms. The predicted octanol–water partition coefficient (Wildman–Crippen LogP) is 3.25. The molecule has 1 aromatic carbocycles. The van der Waals surface area contributed by atoms with E-state index in [9.17, 15) is 18.3 Å².